The Morgan fingerprint density at radius 1 is 1.33 bits per heavy atom. The molecular formula is C11H11F5O2. The zero-order chi connectivity index (χ0) is 14.1. The molecule has 2 aliphatic rings. The molecule has 0 aliphatic heterocycles. The van der Waals surface area contributed by atoms with Crippen LogP contribution in [0.25, 0.3) is 0 Å². The van der Waals surface area contributed by atoms with E-state index in [9.17, 15) is 26.7 Å². The van der Waals surface area contributed by atoms with Crippen molar-refractivity contribution in [3.8, 4) is 0 Å². The van der Waals surface area contributed by atoms with Crippen LogP contribution in [0.1, 0.15) is 13.8 Å². The maximum Gasteiger partial charge on any atom is 0.401 e. The zero-order valence-electron chi connectivity index (χ0n) is 9.55. The number of hydrogen-bond donors (Lipinski definition) is 1. The Hall–Kier alpha value is -1.14. The van der Waals surface area contributed by atoms with E-state index in [-0.39, 0.29) is 0 Å². The van der Waals surface area contributed by atoms with Crippen molar-refractivity contribution in [3.63, 3.8) is 0 Å². The first-order valence-corrected chi connectivity index (χ1v) is 5.31. The van der Waals surface area contributed by atoms with E-state index in [0.717, 1.165) is 6.08 Å². The Kier molecular flexibility index (Phi) is 2.40. The van der Waals surface area contributed by atoms with Crippen LogP contribution in [0.3, 0.4) is 0 Å². The number of carboxylic acid groups (broad SMARTS) is 1. The van der Waals surface area contributed by atoms with Gasteiger partial charge in [0.25, 0.3) is 5.92 Å². The summed E-state index contributed by atoms with van der Waals surface area (Å²) in [5.41, 5.74) is -1.76. The van der Waals surface area contributed by atoms with Gasteiger partial charge in [-0.05, 0) is 11.3 Å². The SMILES string of the molecule is CC1(C)[C@H](C(=O)O)[C@@H]1/C=C1\C(C(F)(F)F)C1(F)F. The van der Waals surface area contributed by atoms with Crippen LogP contribution in [0.15, 0.2) is 11.6 Å². The lowest BCUT2D eigenvalue weighted by atomic mass is 10.1. The molecule has 0 heterocycles. The van der Waals surface area contributed by atoms with Crippen molar-refractivity contribution in [2.24, 2.45) is 23.2 Å². The summed E-state index contributed by atoms with van der Waals surface area (Å²) >= 11 is 0. The molecule has 2 rings (SSSR count). The van der Waals surface area contributed by atoms with Gasteiger partial charge in [-0.3, -0.25) is 4.79 Å². The lowest BCUT2D eigenvalue weighted by Crippen LogP contribution is -2.15. The van der Waals surface area contributed by atoms with Crippen molar-refractivity contribution in [2.75, 3.05) is 0 Å². The third-order valence-electron chi connectivity index (χ3n) is 3.84. The molecule has 2 saturated carbocycles. The van der Waals surface area contributed by atoms with E-state index < -0.39 is 46.8 Å². The van der Waals surface area contributed by atoms with Crippen molar-refractivity contribution in [1.82, 2.24) is 0 Å². The van der Waals surface area contributed by atoms with Crippen LogP contribution in [0.2, 0.25) is 0 Å². The van der Waals surface area contributed by atoms with Crippen molar-refractivity contribution < 1.29 is 31.9 Å². The molecule has 0 aromatic heterocycles. The summed E-state index contributed by atoms with van der Waals surface area (Å²) in [6.07, 6.45) is -4.18. The van der Waals surface area contributed by atoms with Crippen molar-refractivity contribution in [2.45, 2.75) is 25.9 Å². The smallest absolute Gasteiger partial charge is 0.401 e. The molecule has 18 heavy (non-hydrogen) atoms. The molecule has 0 radical (unpaired) electrons. The van der Waals surface area contributed by atoms with Gasteiger partial charge < -0.3 is 5.11 Å². The topological polar surface area (TPSA) is 37.3 Å². The monoisotopic (exact) mass is 270 g/mol. The van der Waals surface area contributed by atoms with E-state index in [4.69, 9.17) is 5.11 Å². The molecule has 2 nitrogen and oxygen atoms in total. The van der Waals surface area contributed by atoms with E-state index in [2.05, 4.69) is 0 Å². The van der Waals surface area contributed by atoms with Crippen LogP contribution in [-0.4, -0.2) is 23.2 Å². The molecule has 0 aromatic rings. The van der Waals surface area contributed by atoms with Gasteiger partial charge in [-0.25, -0.2) is 8.78 Å². The number of hydrogen-bond acceptors (Lipinski definition) is 1. The van der Waals surface area contributed by atoms with Gasteiger partial charge in [0.2, 0.25) is 0 Å². The number of alkyl halides is 5. The van der Waals surface area contributed by atoms with Gasteiger partial charge >= 0.3 is 12.1 Å². The maximum atomic E-state index is 13.0. The Labute approximate surface area is 99.5 Å². The molecule has 0 saturated heterocycles. The van der Waals surface area contributed by atoms with Crippen molar-refractivity contribution in [3.05, 3.63) is 11.6 Å². The average Bonchev–Trinajstić information content (AvgIpc) is 2.83. The second kappa shape index (κ2) is 3.24. The van der Waals surface area contributed by atoms with E-state index in [1.54, 1.807) is 0 Å². The number of carboxylic acids is 1. The fourth-order valence-corrected chi connectivity index (χ4v) is 2.54. The second-order valence-corrected chi connectivity index (χ2v) is 5.38. The van der Waals surface area contributed by atoms with E-state index in [0.29, 0.717) is 0 Å². The highest BCUT2D eigenvalue weighted by molar-refractivity contribution is 5.76. The Morgan fingerprint density at radius 2 is 1.83 bits per heavy atom. The Balaban J connectivity index is 2.21. The van der Waals surface area contributed by atoms with Gasteiger partial charge in [0, 0.05) is 5.57 Å². The highest BCUT2D eigenvalue weighted by atomic mass is 19.4. The first-order chi connectivity index (χ1) is 7.91. The predicted octanol–water partition coefficient (Wildman–Crippen LogP) is 3.10. The molecule has 102 valence electrons. The number of rotatable bonds is 2. The second-order valence-electron chi connectivity index (χ2n) is 5.38. The number of carbonyl (C=O) groups is 1. The normalized spacial score (nSPS) is 38.6. The third kappa shape index (κ3) is 1.71. The van der Waals surface area contributed by atoms with Crippen molar-refractivity contribution in [1.29, 1.82) is 0 Å². The average molecular weight is 270 g/mol. The summed E-state index contributed by atoms with van der Waals surface area (Å²) in [6.45, 7) is 3.08. The summed E-state index contributed by atoms with van der Waals surface area (Å²) < 4.78 is 62.8. The fourth-order valence-electron chi connectivity index (χ4n) is 2.54. The molecule has 7 heteroatoms. The molecule has 2 fully saturated rings. The minimum atomic E-state index is -4.98. The highest BCUT2D eigenvalue weighted by Gasteiger charge is 2.76. The van der Waals surface area contributed by atoms with E-state index in [1.165, 1.54) is 13.8 Å². The molecule has 0 spiro atoms. The summed E-state index contributed by atoms with van der Waals surface area (Å²) in [5, 5.41) is 8.81. The largest absolute Gasteiger partial charge is 0.481 e. The zero-order valence-corrected chi connectivity index (χ0v) is 9.55. The summed E-state index contributed by atoms with van der Waals surface area (Å²) in [7, 11) is 0. The first kappa shape index (κ1) is 13.3. The summed E-state index contributed by atoms with van der Waals surface area (Å²) in [5.74, 6) is -9.44. The molecule has 1 N–H and O–H groups in total. The van der Waals surface area contributed by atoms with E-state index >= 15 is 0 Å². The quantitative estimate of drug-likeness (QED) is 0.618. The van der Waals surface area contributed by atoms with Gasteiger partial charge in [0.15, 0.2) is 0 Å². The molecular weight excluding hydrogens is 259 g/mol. The van der Waals surface area contributed by atoms with Gasteiger partial charge in [-0.2, -0.15) is 13.2 Å². The Morgan fingerprint density at radius 3 is 2.11 bits per heavy atom. The van der Waals surface area contributed by atoms with Crippen molar-refractivity contribution >= 4 is 5.97 Å². The van der Waals surface area contributed by atoms with Gasteiger partial charge in [0.05, 0.1) is 5.92 Å². The molecule has 0 aromatic carbocycles. The first-order valence-electron chi connectivity index (χ1n) is 5.31. The van der Waals surface area contributed by atoms with Crippen LogP contribution in [0.5, 0.6) is 0 Å². The molecule has 3 atom stereocenters. The molecule has 2 aliphatic carbocycles. The highest BCUT2D eigenvalue weighted by Crippen LogP contribution is 2.66. The summed E-state index contributed by atoms with van der Waals surface area (Å²) in [6, 6.07) is 0. The lowest BCUT2D eigenvalue weighted by molar-refractivity contribution is -0.166. The van der Waals surface area contributed by atoms with Crippen LogP contribution in [0.4, 0.5) is 22.0 Å². The number of allylic oxidation sites excluding steroid dienone is 2. The minimum Gasteiger partial charge on any atom is -0.481 e. The fraction of sp³-hybridized carbons (Fsp3) is 0.727. The maximum absolute atomic E-state index is 13.0. The van der Waals surface area contributed by atoms with Gasteiger partial charge in [0.1, 0.15) is 5.92 Å². The standard InChI is InChI=1S/C11H11F5O2/c1-9(2)4(6(9)8(17)18)3-5-7(10(5,12)13)11(14,15)16/h3-4,6-7H,1-2H3,(H,17,18)/b5-3+/t4-,6-,7?/m0/s1. The van der Waals surface area contributed by atoms with Crippen LogP contribution in [-0.2, 0) is 4.79 Å². The van der Waals surface area contributed by atoms with Crippen LogP contribution in [0, 0.1) is 23.2 Å². The van der Waals surface area contributed by atoms with Crippen LogP contribution >= 0.6 is 0 Å². The third-order valence-corrected chi connectivity index (χ3v) is 3.84. The molecule has 0 bridgehead atoms. The number of aliphatic carboxylic acids is 1. The predicted molar refractivity (Wildman–Crippen MR) is 51.0 cm³/mol. The summed E-state index contributed by atoms with van der Waals surface area (Å²) in [4.78, 5) is 10.8. The minimum absolute atomic E-state index is 0.761. The molecule has 1 unspecified atom stereocenters. The lowest BCUT2D eigenvalue weighted by Gasteiger charge is -2.01. The molecule has 0 amide bonds. The van der Waals surface area contributed by atoms with Gasteiger partial charge in [-0.1, -0.05) is 19.9 Å². The van der Waals surface area contributed by atoms with E-state index in [1.807, 2.05) is 0 Å². The van der Waals surface area contributed by atoms with Crippen LogP contribution < -0.4 is 0 Å². The van der Waals surface area contributed by atoms with Gasteiger partial charge in [-0.15, -0.1) is 0 Å². The number of halogens is 5. The Bertz CT molecular complexity index is 435.